The molecule has 3 rings (SSSR count). The first kappa shape index (κ1) is 18.3. The van der Waals surface area contributed by atoms with E-state index in [1.807, 2.05) is 0 Å². The minimum Gasteiger partial charge on any atom is -0.322 e. The lowest BCUT2D eigenvalue weighted by atomic mass is 9.98. The van der Waals surface area contributed by atoms with Crippen LogP contribution >= 0.6 is 11.6 Å². The highest BCUT2D eigenvalue weighted by Gasteiger charge is 2.37. The van der Waals surface area contributed by atoms with E-state index < -0.39 is 29.0 Å². The van der Waals surface area contributed by atoms with Gasteiger partial charge in [0.1, 0.15) is 0 Å². The Hall–Kier alpha value is -2.48. The molecule has 0 spiro atoms. The summed E-state index contributed by atoms with van der Waals surface area (Å²) in [7, 11) is 0. The van der Waals surface area contributed by atoms with Crippen molar-refractivity contribution in [2.24, 2.45) is 0 Å². The lowest BCUT2D eigenvalue weighted by Gasteiger charge is -2.15. The second kappa shape index (κ2) is 6.05. The van der Waals surface area contributed by atoms with Crippen LogP contribution in [0.1, 0.15) is 11.1 Å². The Kier molecular flexibility index (Phi) is 4.26. The highest BCUT2D eigenvalue weighted by Crippen LogP contribution is 2.41. The minimum absolute atomic E-state index is 0.0113. The number of nitrogens with one attached hydrogen (secondary N) is 1. The molecule has 1 aromatic heterocycles. The van der Waals surface area contributed by atoms with Gasteiger partial charge in [-0.05, 0) is 35.9 Å². The lowest BCUT2D eigenvalue weighted by molar-refractivity contribution is -0.143. The molecule has 0 aliphatic carbocycles. The number of alkyl halides is 6. The number of fused-ring (bicyclic) bond motifs is 1. The standard InChI is InChI=1S/C17H8ClF6NO/c18-15-11(1-3-13-12(15)2-4-14(26)25-13)8-5-9(16(19,20)21)7-10(6-8)17(22,23)24/h1-7H,(H,25,26). The van der Waals surface area contributed by atoms with Crippen molar-refractivity contribution >= 4 is 22.5 Å². The van der Waals surface area contributed by atoms with Crippen LogP contribution in [0.4, 0.5) is 26.3 Å². The maximum absolute atomic E-state index is 13.0. The Morgan fingerprint density at radius 3 is 1.92 bits per heavy atom. The number of rotatable bonds is 1. The van der Waals surface area contributed by atoms with Gasteiger partial charge in [0.15, 0.2) is 0 Å². The zero-order chi connectivity index (χ0) is 19.3. The normalized spacial score (nSPS) is 12.6. The molecule has 0 aliphatic rings. The summed E-state index contributed by atoms with van der Waals surface area (Å²) in [5.74, 6) is 0. The zero-order valence-corrected chi connectivity index (χ0v) is 13.4. The summed E-state index contributed by atoms with van der Waals surface area (Å²) < 4.78 is 78.1. The molecule has 0 aliphatic heterocycles. The summed E-state index contributed by atoms with van der Waals surface area (Å²) in [6, 6.07) is 6.39. The molecule has 26 heavy (non-hydrogen) atoms. The Morgan fingerprint density at radius 1 is 0.808 bits per heavy atom. The number of benzene rings is 2. The third-order valence-corrected chi connectivity index (χ3v) is 4.14. The number of halogens is 7. The summed E-state index contributed by atoms with van der Waals surface area (Å²) in [5.41, 5.74) is -3.30. The van der Waals surface area contributed by atoms with Gasteiger partial charge in [0.2, 0.25) is 5.56 Å². The minimum atomic E-state index is -4.95. The second-order valence-electron chi connectivity index (χ2n) is 5.51. The number of pyridine rings is 1. The van der Waals surface area contributed by atoms with Gasteiger partial charge in [0.05, 0.1) is 16.1 Å². The molecule has 0 unspecified atom stereocenters. The average Bonchev–Trinajstić information content (AvgIpc) is 2.53. The first-order valence-corrected chi connectivity index (χ1v) is 7.46. The Morgan fingerprint density at radius 2 is 1.38 bits per heavy atom. The van der Waals surface area contributed by atoms with Crippen LogP contribution in [-0.2, 0) is 12.4 Å². The summed E-state index contributed by atoms with van der Waals surface area (Å²) in [6.45, 7) is 0. The molecule has 0 atom stereocenters. The molecule has 2 nitrogen and oxygen atoms in total. The van der Waals surface area contributed by atoms with E-state index in [1.165, 1.54) is 18.2 Å². The third-order valence-electron chi connectivity index (χ3n) is 3.74. The summed E-state index contributed by atoms with van der Waals surface area (Å²) in [5, 5.41) is 0.237. The van der Waals surface area contributed by atoms with Crippen molar-refractivity contribution in [2.45, 2.75) is 12.4 Å². The number of hydrogen-bond donors (Lipinski definition) is 1. The SMILES string of the molecule is O=c1ccc2c(Cl)c(-c3cc(C(F)(F)F)cc(C(F)(F)F)c3)ccc2[nH]1. The molecule has 0 fully saturated rings. The van der Waals surface area contributed by atoms with Gasteiger partial charge < -0.3 is 4.98 Å². The number of H-pyrrole nitrogens is 1. The van der Waals surface area contributed by atoms with E-state index in [4.69, 9.17) is 11.6 Å². The predicted molar refractivity (Wildman–Crippen MR) is 85.0 cm³/mol. The maximum atomic E-state index is 13.0. The second-order valence-corrected chi connectivity index (χ2v) is 5.88. The predicted octanol–water partition coefficient (Wildman–Crippen LogP) is 5.89. The molecule has 136 valence electrons. The van der Waals surface area contributed by atoms with E-state index in [1.54, 1.807) is 0 Å². The van der Waals surface area contributed by atoms with E-state index in [-0.39, 0.29) is 22.2 Å². The van der Waals surface area contributed by atoms with Crippen molar-refractivity contribution in [3.8, 4) is 11.1 Å². The smallest absolute Gasteiger partial charge is 0.322 e. The highest BCUT2D eigenvalue weighted by molar-refractivity contribution is 6.38. The van der Waals surface area contributed by atoms with Crippen LogP contribution in [0.3, 0.4) is 0 Å². The van der Waals surface area contributed by atoms with Gasteiger partial charge in [-0.15, -0.1) is 0 Å². The van der Waals surface area contributed by atoms with Crippen molar-refractivity contribution in [3.05, 3.63) is 69.0 Å². The van der Waals surface area contributed by atoms with Gasteiger partial charge in [-0.25, -0.2) is 0 Å². The van der Waals surface area contributed by atoms with Gasteiger partial charge in [0, 0.05) is 22.5 Å². The van der Waals surface area contributed by atoms with Crippen molar-refractivity contribution in [3.63, 3.8) is 0 Å². The van der Waals surface area contributed by atoms with Crippen LogP contribution in [0, 0.1) is 0 Å². The molecular formula is C17H8ClF6NO. The Balaban J connectivity index is 2.29. The summed E-state index contributed by atoms with van der Waals surface area (Å²) in [4.78, 5) is 13.8. The quantitative estimate of drug-likeness (QED) is 0.516. The summed E-state index contributed by atoms with van der Waals surface area (Å²) in [6.07, 6.45) is -9.91. The van der Waals surface area contributed by atoms with Crippen LogP contribution < -0.4 is 5.56 Å². The van der Waals surface area contributed by atoms with E-state index in [2.05, 4.69) is 4.98 Å². The maximum Gasteiger partial charge on any atom is 0.416 e. The fourth-order valence-electron chi connectivity index (χ4n) is 2.53. The van der Waals surface area contributed by atoms with E-state index in [0.717, 1.165) is 6.07 Å². The number of aromatic nitrogens is 1. The first-order chi connectivity index (χ1) is 12.0. The van der Waals surface area contributed by atoms with E-state index in [0.29, 0.717) is 23.0 Å². The van der Waals surface area contributed by atoms with Gasteiger partial charge in [-0.2, -0.15) is 26.3 Å². The first-order valence-electron chi connectivity index (χ1n) is 7.08. The molecule has 0 bridgehead atoms. The monoisotopic (exact) mass is 391 g/mol. The summed E-state index contributed by atoms with van der Waals surface area (Å²) >= 11 is 6.18. The number of aromatic amines is 1. The van der Waals surface area contributed by atoms with Crippen LogP contribution in [0.25, 0.3) is 22.0 Å². The molecule has 0 radical (unpaired) electrons. The fraction of sp³-hybridized carbons (Fsp3) is 0.118. The Bertz CT molecular complexity index is 1020. The molecule has 0 amide bonds. The van der Waals surface area contributed by atoms with Crippen molar-refractivity contribution in [1.29, 1.82) is 0 Å². The van der Waals surface area contributed by atoms with Gasteiger partial charge in [-0.3, -0.25) is 4.79 Å². The molecule has 2 aromatic carbocycles. The lowest BCUT2D eigenvalue weighted by Crippen LogP contribution is -2.11. The van der Waals surface area contributed by atoms with Crippen LogP contribution in [-0.4, -0.2) is 4.98 Å². The molecule has 0 saturated carbocycles. The Labute approximate surface area is 147 Å². The molecule has 9 heteroatoms. The molecule has 0 saturated heterocycles. The van der Waals surface area contributed by atoms with Crippen molar-refractivity contribution < 1.29 is 26.3 Å². The molecule has 1 heterocycles. The highest BCUT2D eigenvalue weighted by atomic mass is 35.5. The third kappa shape index (κ3) is 3.41. The van der Waals surface area contributed by atoms with Crippen LogP contribution in [0.2, 0.25) is 5.02 Å². The van der Waals surface area contributed by atoms with Crippen molar-refractivity contribution in [1.82, 2.24) is 4.98 Å². The molecule has 1 N–H and O–H groups in total. The van der Waals surface area contributed by atoms with Gasteiger partial charge in [0.25, 0.3) is 0 Å². The van der Waals surface area contributed by atoms with Gasteiger partial charge in [-0.1, -0.05) is 17.7 Å². The topological polar surface area (TPSA) is 32.9 Å². The van der Waals surface area contributed by atoms with Crippen LogP contribution in [0.15, 0.2) is 47.3 Å². The molecular weight excluding hydrogens is 384 g/mol. The van der Waals surface area contributed by atoms with E-state index in [9.17, 15) is 31.1 Å². The van der Waals surface area contributed by atoms with Crippen LogP contribution in [0.5, 0.6) is 0 Å². The van der Waals surface area contributed by atoms with Gasteiger partial charge >= 0.3 is 12.4 Å². The average molecular weight is 392 g/mol. The van der Waals surface area contributed by atoms with E-state index >= 15 is 0 Å². The molecule has 3 aromatic rings. The number of hydrogen-bond acceptors (Lipinski definition) is 1. The largest absolute Gasteiger partial charge is 0.416 e. The zero-order valence-electron chi connectivity index (χ0n) is 12.6. The fourth-order valence-corrected chi connectivity index (χ4v) is 2.87. The van der Waals surface area contributed by atoms with Crippen molar-refractivity contribution in [2.75, 3.05) is 0 Å².